The van der Waals surface area contributed by atoms with Crippen LogP contribution in [0.15, 0.2) is 0 Å². The number of hydrogen-bond donors (Lipinski definition) is 0. The minimum Gasteiger partial charge on any atom is -0.334 e. The molecule has 0 radical (unpaired) electrons. The summed E-state index contributed by atoms with van der Waals surface area (Å²) in [5, 5.41) is 0. The van der Waals surface area contributed by atoms with Gasteiger partial charge in [0.25, 0.3) is 0 Å². The van der Waals surface area contributed by atoms with Gasteiger partial charge in [-0.2, -0.15) is 13.3 Å². The van der Waals surface area contributed by atoms with Crippen LogP contribution in [0.5, 0.6) is 0 Å². The van der Waals surface area contributed by atoms with Gasteiger partial charge in [-0.3, -0.25) is 0 Å². The Bertz CT molecular complexity index is 110. The molecule has 0 saturated carbocycles. The molecule has 0 heterocycles. The predicted molar refractivity (Wildman–Crippen MR) is 84.1 cm³/mol. The van der Waals surface area contributed by atoms with Crippen LogP contribution in [0.3, 0.4) is 0 Å². The molecule has 0 aliphatic rings. The quantitative estimate of drug-likeness (QED) is 0.190. The van der Waals surface area contributed by atoms with E-state index in [1.807, 2.05) is 0 Å². The fraction of sp³-hybridized carbons (Fsp3) is 0.882. The van der Waals surface area contributed by atoms with E-state index in [0.29, 0.717) is 0 Å². The molecule has 0 rings (SSSR count). The first-order valence-corrected chi connectivity index (χ1v) is 7.17. The second-order valence-electron chi connectivity index (χ2n) is 5.17. The van der Waals surface area contributed by atoms with Gasteiger partial charge in [-0.1, -0.05) is 61.3 Å². The van der Waals surface area contributed by atoms with Gasteiger partial charge in [0, 0.05) is 0 Å². The van der Waals surface area contributed by atoms with E-state index in [1.54, 1.807) is 0 Å². The summed E-state index contributed by atoms with van der Waals surface area (Å²) in [6.45, 7) is 13.5. The average Bonchev–Trinajstić information content (AvgIpc) is 2.27. The van der Waals surface area contributed by atoms with Crippen LogP contribution in [-0.2, 0) is 0 Å². The van der Waals surface area contributed by atoms with Crippen LogP contribution >= 0.6 is 0 Å². The van der Waals surface area contributed by atoms with Crippen LogP contribution in [0, 0.1) is 24.7 Å². The molecule has 0 bridgehead atoms. The zero-order valence-electron chi connectivity index (χ0n) is 14.0. The van der Waals surface area contributed by atoms with E-state index in [4.69, 9.17) is 0 Å². The van der Waals surface area contributed by atoms with Crippen LogP contribution in [0.1, 0.15) is 87.5 Å². The Morgan fingerprint density at radius 3 is 1.74 bits per heavy atom. The van der Waals surface area contributed by atoms with Crippen molar-refractivity contribution in [2.24, 2.45) is 11.8 Å². The third-order valence-electron chi connectivity index (χ3n) is 2.88. The van der Waals surface area contributed by atoms with Crippen molar-refractivity contribution in [2.75, 3.05) is 0 Å². The van der Waals surface area contributed by atoms with E-state index in [9.17, 15) is 0 Å². The molecule has 0 amide bonds. The Morgan fingerprint density at radius 2 is 1.42 bits per heavy atom. The van der Waals surface area contributed by atoms with Crippen molar-refractivity contribution in [3.63, 3.8) is 0 Å². The molecule has 0 N–H and O–H groups in total. The summed E-state index contributed by atoms with van der Waals surface area (Å²) in [4.78, 5) is 0. The molecule has 0 fully saturated rings. The Labute approximate surface area is 113 Å². The summed E-state index contributed by atoms with van der Waals surface area (Å²) in [6, 6.07) is 0. The number of rotatable bonds is 8. The average molecular weight is 776 g/mol. The second-order valence-corrected chi connectivity index (χ2v) is 5.17. The van der Waals surface area contributed by atoms with E-state index >= 15 is 0 Å². The molecule has 0 aliphatic carbocycles. The SMILES string of the molecule is C.CCC(C)CCC(C)C.C[CH-]CC[CH-]CC.[Rf].[Rf]. The van der Waals surface area contributed by atoms with E-state index < -0.39 is 0 Å². The molecule has 0 nitrogen and oxygen atoms in total. The van der Waals surface area contributed by atoms with Crippen LogP contribution in [0.2, 0.25) is 0 Å². The summed E-state index contributed by atoms with van der Waals surface area (Å²) in [6.07, 6.45) is 12.4. The van der Waals surface area contributed by atoms with Gasteiger partial charge in [0.2, 0.25) is 0 Å². The Kier molecular flexibility index (Phi) is 39.8. The van der Waals surface area contributed by atoms with E-state index in [2.05, 4.69) is 54.4 Å². The van der Waals surface area contributed by atoms with Crippen LogP contribution < -0.4 is 0 Å². The summed E-state index contributed by atoms with van der Waals surface area (Å²) >= 11 is 0. The Balaban J connectivity index is -0.0000000607. The minimum absolute atomic E-state index is 0. The summed E-state index contributed by atoms with van der Waals surface area (Å²) in [5.74, 6) is 1.83. The van der Waals surface area contributed by atoms with Gasteiger partial charge in [-0.05, 0) is 11.8 Å². The molecule has 0 aromatic rings. The first kappa shape index (κ1) is 30.2. The maximum atomic E-state index is 2.34. The summed E-state index contributed by atoms with van der Waals surface area (Å²) in [7, 11) is 0. The summed E-state index contributed by atoms with van der Waals surface area (Å²) < 4.78 is 0. The fourth-order valence-corrected chi connectivity index (χ4v) is 1.31. The normalized spacial score (nSPS) is 10.3. The van der Waals surface area contributed by atoms with Crippen molar-refractivity contribution in [1.82, 2.24) is 0 Å². The third-order valence-corrected chi connectivity index (χ3v) is 2.88. The maximum Gasteiger partial charge on any atom is 0 e. The molecule has 0 spiro atoms. The molecule has 1 atom stereocenters. The molecule has 1 unspecified atom stereocenters. The van der Waals surface area contributed by atoms with Gasteiger partial charge in [0.1, 0.15) is 0 Å². The second kappa shape index (κ2) is 25.0. The van der Waals surface area contributed by atoms with Crippen molar-refractivity contribution in [1.29, 1.82) is 0 Å². The summed E-state index contributed by atoms with van der Waals surface area (Å²) in [5.41, 5.74) is 0. The van der Waals surface area contributed by atoms with Crippen molar-refractivity contribution < 1.29 is 0 Å². The van der Waals surface area contributed by atoms with Crippen LogP contribution in [-0.4, -0.2) is 0 Å². The van der Waals surface area contributed by atoms with Crippen molar-refractivity contribution >= 4 is 0 Å². The van der Waals surface area contributed by atoms with Crippen molar-refractivity contribution in [2.45, 2.75) is 87.5 Å². The first-order chi connectivity index (χ1) is 7.58. The predicted octanol–water partition coefficient (Wildman–Crippen LogP) is 6.71. The Morgan fingerprint density at radius 1 is 0.895 bits per heavy atom. The van der Waals surface area contributed by atoms with E-state index in [1.165, 1.54) is 38.5 Å². The molecule has 0 saturated heterocycles. The van der Waals surface area contributed by atoms with Gasteiger partial charge >= 0.3 is 0 Å². The molecule has 19 heavy (non-hydrogen) atoms. The molecule has 0 aliphatic heterocycles. The number of unbranched alkanes of at least 4 members (excludes halogenated alkanes) is 4. The maximum absolute atomic E-state index is 2.34. The molecule has 112 valence electrons. The molecule has 0 aromatic heterocycles. The smallest absolute Gasteiger partial charge is 0 e. The zero-order valence-corrected chi connectivity index (χ0v) is 26.8. The number of hydrogen-bond acceptors (Lipinski definition) is 0. The standard InChI is InChI=1S/C9H20.C7H14.CH4.2Rf/c1-5-9(4)7-6-8(2)3;1-3-5-7-6-4-2;;;/h8-9H,5-7H2,1-4H3;3,6H,4-5,7H2,1-2H3;1H4;;/q;-2;;;. The monoisotopic (exact) mass is 777 g/mol. The van der Waals surface area contributed by atoms with Crippen LogP contribution in [0.25, 0.3) is 0 Å². The van der Waals surface area contributed by atoms with E-state index in [0.717, 1.165) is 11.8 Å². The van der Waals surface area contributed by atoms with Gasteiger partial charge in [0.05, 0.1) is 0 Å². The Hall–Kier alpha value is -2.00. The van der Waals surface area contributed by atoms with E-state index in [-0.39, 0.29) is 7.43 Å². The fourth-order valence-electron chi connectivity index (χ4n) is 1.31. The molecular weight excluding hydrogens is 738 g/mol. The minimum atomic E-state index is 0. The molecule has 2 heteroatoms. The molecule has 0 aromatic carbocycles. The van der Waals surface area contributed by atoms with Crippen LogP contribution in [0.4, 0.5) is 0 Å². The van der Waals surface area contributed by atoms with Crippen molar-refractivity contribution in [3.05, 3.63) is 12.8 Å². The zero-order chi connectivity index (χ0) is 12.8. The van der Waals surface area contributed by atoms with Gasteiger partial charge < -0.3 is 12.8 Å². The van der Waals surface area contributed by atoms with Gasteiger partial charge in [0.15, 0.2) is 0 Å². The largest absolute Gasteiger partial charge is 0.334 e. The first-order valence-electron chi connectivity index (χ1n) is 7.17. The molecular formula is C17H38Rf2-2. The van der Waals surface area contributed by atoms with Gasteiger partial charge in [-0.15, -0.1) is 0 Å². The third kappa shape index (κ3) is 38.7. The topological polar surface area (TPSA) is 0 Å². The van der Waals surface area contributed by atoms with Gasteiger partial charge in [-0.25, -0.2) is 12.8 Å². The van der Waals surface area contributed by atoms with Crippen molar-refractivity contribution in [3.8, 4) is 0 Å².